The molecule has 1 spiro atoms. The lowest BCUT2D eigenvalue weighted by Gasteiger charge is -2.53. The summed E-state index contributed by atoms with van der Waals surface area (Å²) in [4.78, 5) is 46.3. The molecule has 2 fully saturated rings. The molecule has 0 aromatic rings. The highest BCUT2D eigenvalue weighted by Gasteiger charge is 2.54. The zero-order valence-corrected chi connectivity index (χ0v) is 28.3. The molecule has 0 saturated carbocycles. The molecule has 11 nitrogen and oxygen atoms in total. The zero-order chi connectivity index (χ0) is 35.0. The molecule has 2 rings (SSSR count). The summed E-state index contributed by atoms with van der Waals surface area (Å²) in [6.45, 7) is 7.89. The van der Waals surface area contributed by atoms with E-state index in [1.165, 1.54) is 19.3 Å². The number of carbonyl (C=O) groups excluding carboxylic acids is 2. The van der Waals surface area contributed by atoms with Gasteiger partial charge in [-0.25, -0.2) is 9.59 Å². The Labute approximate surface area is 278 Å². The van der Waals surface area contributed by atoms with Crippen LogP contribution in [0.2, 0.25) is 0 Å². The highest BCUT2D eigenvalue weighted by molar-refractivity contribution is 5.81. The molecule has 262 valence electrons. The molecular formula is C36H52O11. The van der Waals surface area contributed by atoms with Gasteiger partial charge in [-0.1, -0.05) is 75.3 Å². The van der Waals surface area contributed by atoms with E-state index in [-0.39, 0.29) is 30.8 Å². The summed E-state index contributed by atoms with van der Waals surface area (Å²) in [7, 11) is 1.30. The average Bonchev–Trinajstić information content (AvgIpc) is 3.04. The third-order valence-corrected chi connectivity index (χ3v) is 8.72. The number of aliphatic hydroxyl groups is 1. The smallest absolute Gasteiger partial charge is 0.330 e. The molecule has 2 saturated heterocycles. The van der Waals surface area contributed by atoms with Crippen molar-refractivity contribution >= 4 is 23.9 Å². The predicted molar refractivity (Wildman–Crippen MR) is 175 cm³/mol. The molecule has 47 heavy (non-hydrogen) atoms. The average molecular weight is 661 g/mol. The van der Waals surface area contributed by atoms with E-state index in [4.69, 9.17) is 24.4 Å². The van der Waals surface area contributed by atoms with E-state index >= 15 is 0 Å². The van der Waals surface area contributed by atoms with E-state index in [0.29, 0.717) is 32.1 Å². The highest BCUT2D eigenvalue weighted by atomic mass is 16.7. The number of methoxy groups -OCH3 is 1. The van der Waals surface area contributed by atoms with Crippen LogP contribution >= 0.6 is 0 Å². The van der Waals surface area contributed by atoms with Gasteiger partial charge in [0, 0.05) is 30.9 Å². The number of carbonyl (C=O) groups is 4. The van der Waals surface area contributed by atoms with Gasteiger partial charge in [-0.05, 0) is 44.9 Å². The van der Waals surface area contributed by atoms with Crippen LogP contribution in [0, 0.1) is 11.8 Å². The Morgan fingerprint density at radius 2 is 1.74 bits per heavy atom. The van der Waals surface area contributed by atoms with Gasteiger partial charge in [0.25, 0.3) is 0 Å². The van der Waals surface area contributed by atoms with Gasteiger partial charge >= 0.3 is 23.9 Å². The van der Waals surface area contributed by atoms with Crippen molar-refractivity contribution in [1.29, 1.82) is 0 Å². The summed E-state index contributed by atoms with van der Waals surface area (Å²) in [5, 5.41) is 28.6. The number of carboxylic acid groups (broad SMARTS) is 2. The monoisotopic (exact) mass is 660 g/mol. The minimum absolute atomic E-state index is 0.170. The Bertz CT molecular complexity index is 1220. The van der Waals surface area contributed by atoms with Gasteiger partial charge in [0.2, 0.25) is 0 Å². The maximum atomic E-state index is 12.8. The van der Waals surface area contributed by atoms with Crippen LogP contribution in [0.15, 0.2) is 60.3 Å². The van der Waals surface area contributed by atoms with Crippen LogP contribution in [0.1, 0.15) is 91.9 Å². The molecule has 0 radical (unpaired) electrons. The van der Waals surface area contributed by atoms with Crippen molar-refractivity contribution in [1.82, 2.24) is 0 Å². The predicted octanol–water partition coefficient (Wildman–Crippen LogP) is 5.83. The van der Waals surface area contributed by atoms with Gasteiger partial charge in [0.15, 0.2) is 5.79 Å². The first-order chi connectivity index (χ1) is 22.2. The minimum Gasteiger partial charge on any atom is -0.481 e. The second-order valence-corrected chi connectivity index (χ2v) is 12.5. The third kappa shape index (κ3) is 13.2. The lowest BCUT2D eigenvalue weighted by molar-refractivity contribution is -0.344. The van der Waals surface area contributed by atoms with Crippen LogP contribution in [0.25, 0.3) is 0 Å². The third-order valence-electron chi connectivity index (χ3n) is 8.72. The van der Waals surface area contributed by atoms with Crippen LogP contribution in [-0.4, -0.2) is 76.0 Å². The maximum absolute atomic E-state index is 12.8. The largest absolute Gasteiger partial charge is 0.481 e. The number of rotatable bonds is 17. The Morgan fingerprint density at radius 3 is 2.40 bits per heavy atom. The van der Waals surface area contributed by atoms with Crippen molar-refractivity contribution in [3.8, 4) is 0 Å². The molecule has 0 bridgehead atoms. The van der Waals surface area contributed by atoms with Gasteiger partial charge < -0.3 is 34.3 Å². The fourth-order valence-electron chi connectivity index (χ4n) is 5.69. The number of hydrogen-bond acceptors (Lipinski definition) is 9. The van der Waals surface area contributed by atoms with E-state index in [9.17, 15) is 24.3 Å². The SMILES string of the molecule is CCCC[C@@]1(OC(=O)CCC(=O)O)CC[C@]2(CC[C@H](C)[C@@H](C/C=C(C)/C=C/[C@H](O)[C@@H](C)/C=C/C(=O)OC)O2)O[C@H]1/C=C/C=C/C(=O)O. The molecule has 0 amide bonds. The molecule has 0 aromatic heterocycles. The lowest BCUT2D eigenvalue weighted by atomic mass is 9.78. The highest BCUT2D eigenvalue weighted by Crippen LogP contribution is 2.48. The lowest BCUT2D eigenvalue weighted by Crippen LogP contribution is -2.59. The van der Waals surface area contributed by atoms with E-state index in [2.05, 4.69) is 11.7 Å². The molecule has 0 aliphatic carbocycles. The van der Waals surface area contributed by atoms with Crippen molar-refractivity contribution in [2.24, 2.45) is 11.8 Å². The van der Waals surface area contributed by atoms with Gasteiger partial charge in [0.05, 0.1) is 32.2 Å². The summed E-state index contributed by atoms with van der Waals surface area (Å²) in [5.41, 5.74) is -0.122. The molecule has 11 heteroatoms. The zero-order valence-electron chi connectivity index (χ0n) is 28.3. The molecule has 0 aromatic carbocycles. The first-order valence-corrected chi connectivity index (χ1v) is 16.4. The quantitative estimate of drug-likeness (QED) is 0.0976. The van der Waals surface area contributed by atoms with E-state index < -0.39 is 47.5 Å². The summed E-state index contributed by atoms with van der Waals surface area (Å²) >= 11 is 0. The summed E-state index contributed by atoms with van der Waals surface area (Å²) in [5.74, 6) is -4.28. The Kier molecular flexibility index (Phi) is 16.3. The van der Waals surface area contributed by atoms with Crippen molar-refractivity contribution in [2.75, 3.05) is 7.11 Å². The second kappa shape index (κ2) is 19.3. The number of ether oxygens (including phenoxy) is 4. The summed E-state index contributed by atoms with van der Waals surface area (Å²) in [6, 6.07) is 0. The Hall–Kier alpha value is -3.54. The fourth-order valence-corrected chi connectivity index (χ4v) is 5.69. The molecule has 2 aliphatic heterocycles. The van der Waals surface area contributed by atoms with Crippen LogP contribution < -0.4 is 0 Å². The Balaban J connectivity index is 2.25. The number of esters is 2. The fraction of sp³-hybridized carbons (Fsp3) is 0.611. The van der Waals surface area contributed by atoms with Crippen LogP contribution in [0.3, 0.4) is 0 Å². The van der Waals surface area contributed by atoms with Gasteiger partial charge in [0.1, 0.15) is 11.7 Å². The van der Waals surface area contributed by atoms with Crippen LogP contribution in [0.5, 0.6) is 0 Å². The van der Waals surface area contributed by atoms with Crippen LogP contribution in [0.4, 0.5) is 0 Å². The topological polar surface area (TPSA) is 166 Å². The Morgan fingerprint density at radius 1 is 1.00 bits per heavy atom. The van der Waals surface area contributed by atoms with E-state index in [0.717, 1.165) is 30.9 Å². The molecule has 2 heterocycles. The molecule has 2 aliphatic rings. The molecule has 3 N–H and O–H groups in total. The van der Waals surface area contributed by atoms with Gasteiger partial charge in [-0.15, -0.1) is 0 Å². The number of aliphatic carboxylic acids is 2. The number of aliphatic hydroxyl groups excluding tert-OH is 1. The van der Waals surface area contributed by atoms with Crippen molar-refractivity contribution in [3.05, 3.63) is 60.3 Å². The second-order valence-electron chi connectivity index (χ2n) is 12.5. The van der Waals surface area contributed by atoms with E-state index in [1.807, 2.05) is 26.0 Å². The first-order valence-electron chi connectivity index (χ1n) is 16.4. The van der Waals surface area contributed by atoms with E-state index in [1.54, 1.807) is 31.2 Å². The normalized spacial score (nSPS) is 28.3. The van der Waals surface area contributed by atoms with Crippen molar-refractivity contribution < 1.29 is 53.4 Å². The van der Waals surface area contributed by atoms with Crippen molar-refractivity contribution in [2.45, 2.75) is 122 Å². The molecule has 0 unspecified atom stereocenters. The minimum atomic E-state index is -1.10. The number of hydrogen-bond donors (Lipinski definition) is 3. The first kappa shape index (κ1) is 39.6. The molecular weight excluding hydrogens is 608 g/mol. The number of carboxylic acids is 2. The van der Waals surface area contributed by atoms with Gasteiger partial charge in [-0.2, -0.15) is 0 Å². The summed E-state index contributed by atoms with van der Waals surface area (Å²) < 4.78 is 24.0. The number of allylic oxidation sites excluding steroid dienone is 4. The van der Waals surface area contributed by atoms with Crippen molar-refractivity contribution in [3.63, 3.8) is 0 Å². The standard InChI is InChI=1S/C36H52O11/c1-6-7-21-35(47-34(43)19-17-32(40)41)23-24-36(46-30(35)10-8-9-11-31(38)39)22-20-27(4)29(45-36)16-13-25(2)12-15-28(37)26(3)14-18-33(42)44-5/h8-15,18,26-30,37H,6-7,16-17,19-24H2,1-5H3,(H,38,39)(H,40,41)/b10-8+,11-9+,15-12+,18-14+,25-13+/t26-,27-,28-,29+,30-,35+,36-/m0/s1. The summed E-state index contributed by atoms with van der Waals surface area (Å²) in [6.07, 6.45) is 16.8. The van der Waals surface area contributed by atoms with Crippen LogP contribution in [-0.2, 0) is 38.1 Å². The van der Waals surface area contributed by atoms with Gasteiger partial charge in [-0.3, -0.25) is 9.59 Å². The number of unbranched alkanes of at least 4 members (excludes halogenated alkanes) is 1. The molecule has 7 atom stereocenters. The maximum Gasteiger partial charge on any atom is 0.330 e.